The fourth-order valence-electron chi connectivity index (χ4n) is 7.06. The topological polar surface area (TPSA) is 85.3 Å². The van der Waals surface area contributed by atoms with Gasteiger partial charge in [0.15, 0.2) is 0 Å². The monoisotopic (exact) mass is 740 g/mol. The summed E-state index contributed by atoms with van der Waals surface area (Å²) >= 11 is 0. The van der Waals surface area contributed by atoms with Crippen molar-refractivity contribution >= 4 is 11.9 Å². The molecule has 52 heavy (non-hydrogen) atoms. The number of hydrogen-bond acceptors (Lipinski definition) is 7. The van der Waals surface area contributed by atoms with Crippen molar-refractivity contribution in [2.24, 2.45) is 0 Å². The number of aliphatic hydroxyl groups excluding tert-OH is 1. The minimum Gasteiger partial charge on any atom is -0.463 e. The van der Waals surface area contributed by atoms with Gasteiger partial charge in [0.05, 0.1) is 18.8 Å². The van der Waals surface area contributed by atoms with E-state index < -0.39 is 0 Å². The number of carbonyl (C=O) groups excluding carboxylic acids is 2. The maximum atomic E-state index is 12.7. The standard InChI is InChI=1S/C45H89NO6/c1-6-8-10-12-16-25-33-43(34-26-17-13-11-9-7-2)52-45(49)36-28-19-15-21-30-38-46(39-40-47)37-29-20-14-18-27-35-44(48)51-42(4)32-24-22-23-31-41(3)50-5/h41-43,47H,6-40H2,1-5H3. The van der Waals surface area contributed by atoms with Crippen molar-refractivity contribution in [1.82, 2.24) is 4.90 Å². The summed E-state index contributed by atoms with van der Waals surface area (Å²) in [6.07, 6.45) is 35.2. The Morgan fingerprint density at radius 3 is 1.35 bits per heavy atom. The lowest BCUT2D eigenvalue weighted by Crippen LogP contribution is -2.29. The largest absolute Gasteiger partial charge is 0.463 e. The molecule has 310 valence electrons. The summed E-state index contributed by atoms with van der Waals surface area (Å²) in [6.45, 7) is 11.6. The van der Waals surface area contributed by atoms with Crippen molar-refractivity contribution in [2.45, 2.75) is 245 Å². The molecule has 2 atom stereocenters. The van der Waals surface area contributed by atoms with E-state index in [4.69, 9.17) is 14.2 Å². The van der Waals surface area contributed by atoms with Crippen LogP contribution in [0, 0.1) is 0 Å². The Labute approximate surface area is 323 Å². The molecule has 0 fully saturated rings. The molecule has 0 aromatic carbocycles. The third-order valence-corrected chi connectivity index (χ3v) is 10.6. The minimum atomic E-state index is -0.0548. The molecule has 2 unspecified atom stereocenters. The molecule has 0 aromatic heterocycles. The molecule has 0 aliphatic rings. The van der Waals surface area contributed by atoms with Crippen molar-refractivity contribution in [3.63, 3.8) is 0 Å². The number of esters is 2. The van der Waals surface area contributed by atoms with Gasteiger partial charge in [-0.05, 0) is 97.6 Å². The number of carbonyl (C=O) groups is 2. The maximum Gasteiger partial charge on any atom is 0.306 e. The molecule has 0 amide bonds. The van der Waals surface area contributed by atoms with Gasteiger partial charge in [-0.25, -0.2) is 0 Å². The normalized spacial score (nSPS) is 12.8. The van der Waals surface area contributed by atoms with E-state index in [0.29, 0.717) is 18.9 Å². The summed E-state index contributed by atoms with van der Waals surface area (Å²) in [5, 5.41) is 9.56. The third-order valence-electron chi connectivity index (χ3n) is 10.6. The molecular weight excluding hydrogens is 650 g/mol. The molecule has 0 heterocycles. The first-order valence-electron chi connectivity index (χ1n) is 22.6. The zero-order chi connectivity index (χ0) is 38.3. The van der Waals surface area contributed by atoms with Gasteiger partial charge in [0.1, 0.15) is 6.10 Å². The van der Waals surface area contributed by atoms with Crippen LogP contribution in [0.2, 0.25) is 0 Å². The quantitative estimate of drug-likeness (QED) is 0.0493. The molecule has 0 aromatic rings. The van der Waals surface area contributed by atoms with Gasteiger partial charge in [-0.2, -0.15) is 0 Å². The van der Waals surface area contributed by atoms with E-state index in [1.165, 1.54) is 77.0 Å². The Morgan fingerprint density at radius 2 is 0.865 bits per heavy atom. The van der Waals surface area contributed by atoms with Gasteiger partial charge >= 0.3 is 11.9 Å². The number of aliphatic hydroxyl groups is 1. The van der Waals surface area contributed by atoms with Crippen LogP contribution >= 0.6 is 0 Å². The molecule has 7 heteroatoms. The predicted molar refractivity (Wildman–Crippen MR) is 220 cm³/mol. The zero-order valence-corrected chi connectivity index (χ0v) is 35.4. The van der Waals surface area contributed by atoms with E-state index in [2.05, 4.69) is 25.7 Å². The van der Waals surface area contributed by atoms with Crippen molar-refractivity contribution < 1.29 is 28.9 Å². The van der Waals surface area contributed by atoms with E-state index in [-0.39, 0.29) is 30.8 Å². The van der Waals surface area contributed by atoms with Crippen LogP contribution in [0.25, 0.3) is 0 Å². The third kappa shape index (κ3) is 35.8. The Kier molecular flexibility index (Phi) is 38.6. The van der Waals surface area contributed by atoms with Crippen LogP contribution in [-0.4, -0.2) is 73.6 Å². The predicted octanol–water partition coefficient (Wildman–Crippen LogP) is 12.3. The fourth-order valence-corrected chi connectivity index (χ4v) is 7.06. The van der Waals surface area contributed by atoms with Gasteiger partial charge in [-0.1, -0.05) is 129 Å². The highest BCUT2D eigenvalue weighted by atomic mass is 16.5. The summed E-state index contributed by atoms with van der Waals surface area (Å²) < 4.78 is 16.9. The number of nitrogens with zero attached hydrogens (tertiary/aromatic N) is 1. The van der Waals surface area contributed by atoms with Crippen LogP contribution in [0.1, 0.15) is 227 Å². The van der Waals surface area contributed by atoms with Crippen LogP contribution < -0.4 is 0 Å². The number of unbranched alkanes of at least 4 members (excludes halogenated alkanes) is 20. The second-order valence-electron chi connectivity index (χ2n) is 15.8. The van der Waals surface area contributed by atoms with Crippen LogP contribution in [0.4, 0.5) is 0 Å². The van der Waals surface area contributed by atoms with Crippen molar-refractivity contribution in [3.05, 3.63) is 0 Å². The van der Waals surface area contributed by atoms with E-state index in [9.17, 15) is 14.7 Å². The van der Waals surface area contributed by atoms with E-state index in [0.717, 1.165) is 129 Å². The van der Waals surface area contributed by atoms with E-state index in [1.54, 1.807) is 7.11 Å². The number of methoxy groups -OCH3 is 1. The lowest BCUT2D eigenvalue weighted by molar-refractivity contribution is -0.150. The molecule has 1 N–H and O–H groups in total. The molecule has 0 radical (unpaired) electrons. The second kappa shape index (κ2) is 39.5. The molecule has 7 nitrogen and oxygen atoms in total. The van der Waals surface area contributed by atoms with Crippen molar-refractivity contribution in [2.75, 3.05) is 33.4 Å². The molecule has 0 spiro atoms. The molecule has 0 aliphatic heterocycles. The lowest BCUT2D eigenvalue weighted by Gasteiger charge is -2.21. The number of hydrogen-bond donors (Lipinski definition) is 1. The summed E-state index contributed by atoms with van der Waals surface area (Å²) in [5.74, 6) is -0.0446. The molecular formula is C45H89NO6. The number of rotatable bonds is 41. The molecule has 0 aliphatic carbocycles. The molecule has 0 bridgehead atoms. The summed E-state index contributed by atoms with van der Waals surface area (Å²) in [5.41, 5.74) is 0. The van der Waals surface area contributed by atoms with Crippen LogP contribution in [-0.2, 0) is 23.8 Å². The second-order valence-corrected chi connectivity index (χ2v) is 15.8. The molecule has 0 saturated carbocycles. The lowest BCUT2D eigenvalue weighted by atomic mass is 10.0. The number of ether oxygens (including phenoxy) is 3. The van der Waals surface area contributed by atoms with E-state index in [1.807, 2.05) is 6.92 Å². The van der Waals surface area contributed by atoms with Crippen molar-refractivity contribution in [1.29, 1.82) is 0 Å². The zero-order valence-electron chi connectivity index (χ0n) is 35.4. The Hall–Kier alpha value is -1.18. The van der Waals surface area contributed by atoms with Gasteiger partial charge < -0.3 is 24.2 Å². The Bertz CT molecular complexity index is 748. The molecule has 0 saturated heterocycles. The highest BCUT2D eigenvalue weighted by Gasteiger charge is 2.15. The van der Waals surface area contributed by atoms with Gasteiger partial charge in [-0.3, -0.25) is 9.59 Å². The average Bonchev–Trinajstić information content (AvgIpc) is 3.12. The van der Waals surface area contributed by atoms with Gasteiger partial charge in [0.25, 0.3) is 0 Å². The first-order valence-corrected chi connectivity index (χ1v) is 22.6. The summed E-state index contributed by atoms with van der Waals surface area (Å²) in [6, 6.07) is 0. The Morgan fingerprint density at radius 1 is 0.481 bits per heavy atom. The first-order chi connectivity index (χ1) is 25.4. The highest BCUT2D eigenvalue weighted by molar-refractivity contribution is 5.69. The average molecular weight is 740 g/mol. The highest BCUT2D eigenvalue weighted by Crippen LogP contribution is 2.19. The van der Waals surface area contributed by atoms with Gasteiger partial charge in [-0.15, -0.1) is 0 Å². The minimum absolute atomic E-state index is 0.00512. The Balaban J connectivity index is 4.00. The summed E-state index contributed by atoms with van der Waals surface area (Å²) in [7, 11) is 1.76. The smallest absolute Gasteiger partial charge is 0.306 e. The maximum absolute atomic E-state index is 12.7. The van der Waals surface area contributed by atoms with Crippen LogP contribution in [0.5, 0.6) is 0 Å². The van der Waals surface area contributed by atoms with E-state index >= 15 is 0 Å². The summed E-state index contributed by atoms with van der Waals surface area (Å²) in [4.78, 5) is 27.3. The SMILES string of the molecule is CCCCCCCCC(CCCCCCCC)OC(=O)CCCCCCCN(CCO)CCCCCCCC(=O)OC(C)CCCCCC(C)OC. The fraction of sp³-hybridized carbons (Fsp3) is 0.956. The van der Waals surface area contributed by atoms with Gasteiger partial charge in [0, 0.05) is 26.5 Å². The van der Waals surface area contributed by atoms with Crippen LogP contribution in [0.3, 0.4) is 0 Å². The van der Waals surface area contributed by atoms with Crippen LogP contribution in [0.15, 0.2) is 0 Å². The van der Waals surface area contributed by atoms with Gasteiger partial charge in [0.2, 0.25) is 0 Å². The molecule has 0 rings (SSSR count). The first kappa shape index (κ1) is 50.8. The van der Waals surface area contributed by atoms with Crippen molar-refractivity contribution in [3.8, 4) is 0 Å².